The lowest BCUT2D eigenvalue weighted by Crippen LogP contribution is -2.46. The highest BCUT2D eigenvalue weighted by Gasteiger charge is 2.22. The van der Waals surface area contributed by atoms with E-state index in [0.717, 1.165) is 5.56 Å². The molecule has 2 atom stereocenters. The molecule has 0 aliphatic carbocycles. The molecule has 2 unspecified atom stereocenters. The number of amides is 1. The van der Waals surface area contributed by atoms with Crippen molar-refractivity contribution in [1.82, 2.24) is 5.32 Å². The molecule has 0 radical (unpaired) electrons. The Morgan fingerprint density at radius 3 is 2.44 bits per heavy atom. The van der Waals surface area contributed by atoms with Crippen LogP contribution < -0.4 is 5.32 Å². The van der Waals surface area contributed by atoms with Crippen LogP contribution in [0.15, 0.2) is 30.3 Å². The summed E-state index contributed by atoms with van der Waals surface area (Å²) in [4.78, 5) is 22.7. The number of benzene rings is 1. The van der Waals surface area contributed by atoms with Crippen molar-refractivity contribution in [3.8, 4) is 0 Å². The summed E-state index contributed by atoms with van der Waals surface area (Å²) in [5.41, 5.74) is 0.857. The molecular formula is C13H17NO4. The summed E-state index contributed by atoms with van der Waals surface area (Å²) in [6.45, 7) is 1.57. The maximum atomic E-state index is 11.6. The molecule has 0 fully saturated rings. The van der Waals surface area contributed by atoms with Crippen molar-refractivity contribution in [2.75, 3.05) is 7.11 Å². The van der Waals surface area contributed by atoms with Crippen molar-refractivity contribution in [3.63, 3.8) is 0 Å². The van der Waals surface area contributed by atoms with E-state index in [1.807, 2.05) is 30.3 Å². The van der Waals surface area contributed by atoms with Gasteiger partial charge in [0.05, 0.1) is 0 Å². The molecule has 5 nitrogen and oxygen atoms in total. The number of aliphatic carboxylic acids is 1. The van der Waals surface area contributed by atoms with Gasteiger partial charge in [0.2, 0.25) is 5.91 Å². The highest BCUT2D eigenvalue weighted by atomic mass is 16.5. The molecule has 98 valence electrons. The van der Waals surface area contributed by atoms with E-state index in [4.69, 9.17) is 9.84 Å². The summed E-state index contributed by atoms with van der Waals surface area (Å²) >= 11 is 0. The van der Waals surface area contributed by atoms with Gasteiger partial charge in [-0.15, -0.1) is 0 Å². The standard InChI is InChI=1S/C13H17NO4/c1-9(18-2)12(15)14-11(13(16)17)8-10-6-4-3-5-7-10/h3-7,9,11H,8H2,1-2H3,(H,14,15)(H,16,17). The summed E-state index contributed by atoms with van der Waals surface area (Å²) in [5.74, 6) is -1.49. The molecule has 0 saturated heterocycles. The zero-order chi connectivity index (χ0) is 13.5. The molecule has 0 bridgehead atoms. The SMILES string of the molecule is COC(C)C(=O)NC(Cc1ccccc1)C(=O)O. The maximum absolute atomic E-state index is 11.6. The number of hydrogen-bond donors (Lipinski definition) is 2. The largest absolute Gasteiger partial charge is 0.480 e. The summed E-state index contributed by atoms with van der Waals surface area (Å²) in [6.07, 6.45) is -0.416. The van der Waals surface area contributed by atoms with Crippen LogP contribution >= 0.6 is 0 Å². The summed E-state index contributed by atoms with van der Waals surface area (Å²) in [5, 5.41) is 11.5. The molecule has 0 aromatic heterocycles. The number of hydrogen-bond acceptors (Lipinski definition) is 3. The number of carbonyl (C=O) groups excluding carboxylic acids is 1. The molecular weight excluding hydrogens is 234 g/mol. The lowest BCUT2D eigenvalue weighted by molar-refractivity contribution is -0.143. The van der Waals surface area contributed by atoms with Crippen LogP contribution in [0.3, 0.4) is 0 Å². The quantitative estimate of drug-likeness (QED) is 0.785. The van der Waals surface area contributed by atoms with E-state index in [1.54, 1.807) is 6.92 Å². The fourth-order valence-corrected chi connectivity index (χ4v) is 1.45. The van der Waals surface area contributed by atoms with Gasteiger partial charge < -0.3 is 15.2 Å². The first-order chi connectivity index (χ1) is 8.54. The topological polar surface area (TPSA) is 75.6 Å². The van der Waals surface area contributed by atoms with Gasteiger partial charge in [0, 0.05) is 13.5 Å². The molecule has 0 saturated carbocycles. The van der Waals surface area contributed by atoms with Crippen molar-refractivity contribution in [2.45, 2.75) is 25.5 Å². The number of nitrogens with one attached hydrogen (secondary N) is 1. The third kappa shape index (κ3) is 4.18. The van der Waals surface area contributed by atoms with Crippen molar-refractivity contribution in [1.29, 1.82) is 0 Å². The van der Waals surface area contributed by atoms with Crippen LogP contribution in [0.25, 0.3) is 0 Å². The zero-order valence-corrected chi connectivity index (χ0v) is 10.4. The van der Waals surface area contributed by atoms with E-state index in [1.165, 1.54) is 7.11 Å². The number of methoxy groups -OCH3 is 1. The van der Waals surface area contributed by atoms with Crippen LogP contribution in [0, 0.1) is 0 Å². The van der Waals surface area contributed by atoms with Gasteiger partial charge in [-0.1, -0.05) is 30.3 Å². The second-order valence-corrected chi connectivity index (χ2v) is 3.97. The molecule has 18 heavy (non-hydrogen) atoms. The van der Waals surface area contributed by atoms with Crippen LogP contribution in [0.5, 0.6) is 0 Å². The molecule has 5 heteroatoms. The van der Waals surface area contributed by atoms with Gasteiger partial charge in [-0.05, 0) is 12.5 Å². The van der Waals surface area contributed by atoms with Gasteiger partial charge in [0.15, 0.2) is 0 Å². The van der Waals surface area contributed by atoms with Gasteiger partial charge in [-0.25, -0.2) is 4.79 Å². The van der Waals surface area contributed by atoms with Gasteiger partial charge in [-0.3, -0.25) is 4.79 Å². The highest BCUT2D eigenvalue weighted by molar-refractivity contribution is 5.86. The van der Waals surface area contributed by atoms with Gasteiger partial charge in [0.1, 0.15) is 12.1 Å². The van der Waals surface area contributed by atoms with E-state index in [-0.39, 0.29) is 6.42 Å². The molecule has 1 amide bonds. The lowest BCUT2D eigenvalue weighted by atomic mass is 10.1. The first kappa shape index (κ1) is 14.2. The Hall–Kier alpha value is -1.88. The predicted octanol–water partition coefficient (Wildman–Crippen LogP) is 0.833. The Labute approximate surface area is 106 Å². The van der Waals surface area contributed by atoms with Gasteiger partial charge in [0.25, 0.3) is 0 Å². The zero-order valence-electron chi connectivity index (χ0n) is 10.4. The van der Waals surface area contributed by atoms with E-state index >= 15 is 0 Å². The molecule has 0 heterocycles. The van der Waals surface area contributed by atoms with Crippen molar-refractivity contribution in [3.05, 3.63) is 35.9 Å². The summed E-state index contributed by atoms with van der Waals surface area (Å²) < 4.78 is 4.84. The molecule has 0 aliphatic rings. The second kappa shape index (κ2) is 6.76. The van der Waals surface area contributed by atoms with Crippen LogP contribution in [0.1, 0.15) is 12.5 Å². The van der Waals surface area contributed by atoms with Crippen LogP contribution in [0.4, 0.5) is 0 Å². The Morgan fingerprint density at radius 1 is 1.33 bits per heavy atom. The number of rotatable bonds is 6. The van der Waals surface area contributed by atoms with Gasteiger partial charge in [-0.2, -0.15) is 0 Å². The Morgan fingerprint density at radius 2 is 1.94 bits per heavy atom. The normalized spacial score (nSPS) is 13.7. The second-order valence-electron chi connectivity index (χ2n) is 3.97. The molecule has 1 aromatic rings. The van der Waals surface area contributed by atoms with Crippen LogP contribution in [0.2, 0.25) is 0 Å². The van der Waals surface area contributed by atoms with Crippen molar-refractivity contribution < 1.29 is 19.4 Å². The van der Waals surface area contributed by atoms with Crippen molar-refractivity contribution in [2.24, 2.45) is 0 Å². The average molecular weight is 251 g/mol. The predicted molar refractivity (Wildman–Crippen MR) is 66.2 cm³/mol. The summed E-state index contributed by atoms with van der Waals surface area (Å²) in [7, 11) is 1.40. The highest BCUT2D eigenvalue weighted by Crippen LogP contribution is 2.04. The Kier molecular flexibility index (Phi) is 5.32. The smallest absolute Gasteiger partial charge is 0.326 e. The van der Waals surface area contributed by atoms with Crippen molar-refractivity contribution >= 4 is 11.9 Å². The number of carboxylic acid groups (broad SMARTS) is 1. The minimum Gasteiger partial charge on any atom is -0.480 e. The molecule has 0 spiro atoms. The Balaban J connectivity index is 2.67. The fraction of sp³-hybridized carbons (Fsp3) is 0.385. The number of carboxylic acids is 1. The lowest BCUT2D eigenvalue weighted by Gasteiger charge is -2.17. The third-order valence-corrected chi connectivity index (χ3v) is 2.62. The first-order valence-corrected chi connectivity index (χ1v) is 5.64. The fourth-order valence-electron chi connectivity index (χ4n) is 1.45. The minimum atomic E-state index is -1.06. The summed E-state index contributed by atoms with van der Waals surface area (Å²) in [6, 6.07) is 8.20. The molecule has 1 rings (SSSR count). The van der Waals surface area contributed by atoms with E-state index in [2.05, 4.69) is 5.32 Å². The van der Waals surface area contributed by atoms with Crippen LogP contribution in [-0.2, 0) is 20.7 Å². The number of ether oxygens (including phenoxy) is 1. The van der Waals surface area contributed by atoms with E-state index < -0.39 is 24.0 Å². The van der Waals surface area contributed by atoms with Crippen LogP contribution in [-0.4, -0.2) is 36.2 Å². The first-order valence-electron chi connectivity index (χ1n) is 5.64. The van der Waals surface area contributed by atoms with Gasteiger partial charge >= 0.3 is 5.97 Å². The molecule has 2 N–H and O–H groups in total. The Bertz CT molecular complexity index is 405. The molecule has 0 aliphatic heterocycles. The molecule has 1 aromatic carbocycles. The van der Waals surface area contributed by atoms with E-state index in [0.29, 0.717) is 0 Å². The maximum Gasteiger partial charge on any atom is 0.326 e. The minimum absolute atomic E-state index is 0.248. The van der Waals surface area contributed by atoms with E-state index in [9.17, 15) is 9.59 Å². The third-order valence-electron chi connectivity index (χ3n) is 2.62. The monoisotopic (exact) mass is 251 g/mol. The number of carbonyl (C=O) groups is 2. The average Bonchev–Trinajstić information content (AvgIpc) is 2.37.